The van der Waals surface area contributed by atoms with E-state index in [9.17, 15) is 4.39 Å². The van der Waals surface area contributed by atoms with Gasteiger partial charge in [0.2, 0.25) is 0 Å². The summed E-state index contributed by atoms with van der Waals surface area (Å²) < 4.78 is 13.0. The van der Waals surface area contributed by atoms with Crippen LogP contribution in [0.4, 0.5) is 4.39 Å². The number of rotatable bonds is 3. The third-order valence-electron chi connectivity index (χ3n) is 4.71. The molecule has 2 rings (SSSR count). The number of hydrogen-bond donors (Lipinski definition) is 1. The van der Waals surface area contributed by atoms with Gasteiger partial charge in [0, 0.05) is 12.1 Å². The summed E-state index contributed by atoms with van der Waals surface area (Å²) in [5.74, 6) is 0.560. The molecule has 1 aliphatic rings. The Bertz CT molecular complexity index is 418. The molecule has 0 amide bonds. The van der Waals surface area contributed by atoms with E-state index in [0.29, 0.717) is 11.5 Å². The molecule has 1 aromatic rings. The Hall–Kier alpha value is -0.890. The van der Waals surface area contributed by atoms with E-state index in [4.69, 9.17) is 0 Å². The summed E-state index contributed by atoms with van der Waals surface area (Å²) >= 11 is 0. The van der Waals surface area contributed by atoms with Gasteiger partial charge >= 0.3 is 0 Å². The summed E-state index contributed by atoms with van der Waals surface area (Å²) in [5, 5.41) is 3.79. The van der Waals surface area contributed by atoms with Crippen molar-refractivity contribution in [2.75, 3.05) is 0 Å². The molecule has 1 nitrogen and oxygen atoms in total. The maximum Gasteiger partial charge on any atom is 0.123 e. The van der Waals surface area contributed by atoms with Gasteiger partial charge in [0.25, 0.3) is 0 Å². The molecule has 3 atom stereocenters. The van der Waals surface area contributed by atoms with Crippen LogP contribution in [0.15, 0.2) is 24.3 Å². The molecule has 0 saturated heterocycles. The summed E-state index contributed by atoms with van der Waals surface area (Å²) in [6.07, 6.45) is 5.25. The van der Waals surface area contributed by atoms with Gasteiger partial charge < -0.3 is 5.32 Å². The fourth-order valence-corrected chi connectivity index (χ4v) is 3.54. The molecule has 112 valence electrons. The van der Waals surface area contributed by atoms with Gasteiger partial charge in [0.05, 0.1) is 0 Å². The smallest absolute Gasteiger partial charge is 0.123 e. The highest BCUT2D eigenvalue weighted by Crippen LogP contribution is 2.38. The second-order valence-electron chi connectivity index (χ2n) is 7.30. The van der Waals surface area contributed by atoms with Crippen LogP contribution in [0.2, 0.25) is 0 Å². The van der Waals surface area contributed by atoms with E-state index in [1.807, 2.05) is 12.1 Å². The highest BCUT2D eigenvalue weighted by Gasteiger charge is 2.34. The largest absolute Gasteiger partial charge is 0.307 e. The lowest BCUT2D eigenvalue weighted by Gasteiger charge is -2.42. The SMILES string of the molecule is CC(NC1CCCCC1C(C)(C)C)c1ccc(F)cc1. The van der Waals surface area contributed by atoms with E-state index < -0.39 is 0 Å². The molecular weight excluding hydrogens is 249 g/mol. The third kappa shape index (κ3) is 3.82. The number of benzene rings is 1. The van der Waals surface area contributed by atoms with Crippen LogP contribution < -0.4 is 5.32 Å². The summed E-state index contributed by atoms with van der Waals surface area (Å²) in [7, 11) is 0. The Morgan fingerprint density at radius 2 is 1.70 bits per heavy atom. The summed E-state index contributed by atoms with van der Waals surface area (Å²) in [6.45, 7) is 9.22. The zero-order valence-corrected chi connectivity index (χ0v) is 13.2. The molecule has 1 aliphatic carbocycles. The monoisotopic (exact) mass is 277 g/mol. The van der Waals surface area contributed by atoms with Crippen molar-refractivity contribution in [1.29, 1.82) is 0 Å². The van der Waals surface area contributed by atoms with E-state index in [2.05, 4.69) is 33.0 Å². The van der Waals surface area contributed by atoms with Gasteiger partial charge in [-0.2, -0.15) is 0 Å². The molecule has 1 N–H and O–H groups in total. The van der Waals surface area contributed by atoms with Gasteiger partial charge in [-0.05, 0) is 48.8 Å². The highest BCUT2D eigenvalue weighted by atomic mass is 19.1. The molecule has 0 spiro atoms. The van der Waals surface area contributed by atoms with Crippen molar-refractivity contribution in [2.24, 2.45) is 11.3 Å². The van der Waals surface area contributed by atoms with Crippen molar-refractivity contribution in [2.45, 2.75) is 65.5 Å². The molecule has 1 aromatic carbocycles. The normalized spacial score (nSPS) is 25.4. The summed E-state index contributed by atoms with van der Waals surface area (Å²) in [5.41, 5.74) is 1.52. The third-order valence-corrected chi connectivity index (χ3v) is 4.71. The van der Waals surface area contributed by atoms with Crippen LogP contribution in [0.3, 0.4) is 0 Å². The minimum Gasteiger partial charge on any atom is -0.307 e. The molecule has 0 aromatic heterocycles. The van der Waals surface area contributed by atoms with E-state index in [1.54, 1.807) is 12.1 Å². The lowest BCUT2D eigenvalue weighted by atomic mass is 9.69. The fraction of sp³-hybridized carbons (Fsp3) is 0.667. The maximum absolute atomic E-state index is 13.0. The van der Waals surface area contributed by atoms with Gasteiger partial charge in [-0.1, -0.05) is 45.7 Å². The van der Waals surface area contributed by atoms with Crippen molar-refractivity contribution in [3.05, 3.63) is 35.6 Å². The van der Waals surface area contributed by atoms with Gasteiger partial charge in [0.1, 0.15) is 5.82 Å². The molecule has 0 radical (unpaired) electrons. The molecule has 1 fully saturated rings. The molecule has 0 aliphatic heterocycles. The van der Waals surface area contributed by atoms with Crippen LogP contribution >= 0.6 is 0 Å². The molecule has 0 heterocycles. The van der Waals surface area contributed by atoms with Crippen molar-refractivity contribution in [3.8, 4) is 0 Å². The lowest BCUT2D eigenvalue weighted by molar-refractivity contribution is 0.124. The van der Waals surface area contributed by atoms with E-state index in [1.165, 1.54) is 31.2 Å². The fourth-order valence-electron chi connectivity index (χ4n) is 3.54. The lowest BCUT2D eigenvalue weighted by Crippen LogP contribution is -2.45. The Balaban J connectivity index is 2.05. The second kappa shape index (κ2) is 6.26. The Kier molecular flexibility index (Phi) is 4.85. The van der Waals surface area contributed by atoms with Gasteiger partial charge in [-0.3, -0.25) is 0 Å². The van der Waals surface area contributed by atoms with Crippen molar-refractivity contribution < 1.29 is 4.39 Å². The maximum atomic E-state index is 13.0. The summed E-state index contributed by atoms with van der Waals surface area (Å²) in [4.78, 5) is 0. The molecule has 20 heavy (non-hydrogen) atoms. The van der Waals surface area contributed by atoms with Crippen LogP contribution in [0, 0.1) is 17.2 Å². The zero-order valence-electron chi connectivity index (χ0n) is 13.2. The van der Waals surface area contributed by atoms with Gasteiger partial charge in [-0.25, -0.2) is 4.39 Å². The van der Waals surface area contributed by atoms with E-state index >= 15 is 0 Å². The Morgan fingerprint density at radius 1 is 1.10 bits per heavy atom. The van der Waals surface area contributed by atoms with Crippen LogP contribution in [0.25, 0.3) is 0 Å². The van der Waals surface area contributed by atoms with Gasteiger partial charge in [0.15, 0.2) is 0 Å². The van der Waals surface area contributed by atoms with Crippen LogP contribution in [-0.2, 0) is 0 Å². The average Bonchev–Trinajstić information content (AvgIpc) is 2.38. The van der Waals surface area contributed by atoms with Gasteiger partial charge in [-0.15, -0.1) is 0 Å². The second-order valence-corrected chi connectivity index (χ2v) is 7.30. The molecule has 1 saturated carbocycles. The highest BCUT2D eigenvalue weighted by molar-refractivity contribution is 5.19. The molecule has 3 unspecified atom stereocenters. The molecule has 0 bridgehead atoms. The van der Waals surface area contributed by atoms with Crippen molar-refractivity contribution >= 4 is 0 Å². The first-order chi connectivity index (χ1) is 9.38. The topological polar surface area (TPSA) is 12.0 Å². The van der Waals surface area contributed by atoms with Crippen molar-refractivity contribution in [1.82, 2.24) is 5.32 Å². The minimum atomic E-state index is -0.161. The van der Waals surface area contributed by atoms with Crippen LogP contribution in [-0.4, -0.2) is 6.04 Å². The molecular formula is C18H28FN. The Labute approximate surface area is 123 Å². The first-order valence-corrected chi connectivity index (χ1v) is 7.89. The number of halogens is 1. The standard InChI is InChI=1S/C18H28FN/c1-13(14-9-11-15(19)12-10-14)20-17-8-6-5-7-16(17)18(2,3)4/h9-13,16-17,20H,5-8H2,1-4H3. The first kappa shape index (κ1) is 15.5. The Morgan fingerprint density at radius 3 is 2.30 bits per heavy atom. The number of hydrogen-bond acceptors (Lipinski definition) is 1. The van der Waals surface area contributed by atoms with E-state index in [0.717, 1.165) is 5.92 Å². The minimum absolute atomic E-state index is 0.161. The van der Waals surface area contributed by atoms with Crippen LogP contribution in [0.1, 0.15) is 65.0 Å². The first-order valence-electron chi connectivity index (χ1n) is 7.89. The predicted octanol–water partition coefficient (Wildman–Crippen LogP) is 5.08. The quantitative estimate of drug-likeness (QED) is 0.812. The van der Waals surface area contributed by atoms with Crippen molar-refractivity contribution in [3.63, 3.8) is 0 Å². The average molecular weight is 277 g/mol. The number of nitrogens with one attached hydrogen (secondary N) is 1. The van der Waals surface area contributed by atoms with E-state index in [-0.39, 0.29) is 11.9 Å². The van der Waals surface area contributed by atoms with Crippen LogP contribution in [0.5, 0.6) is 0 Å². The molecule has 2 heteroatoms. The zero-order chi connectivity index (χ0) is 14.8. The summed E-state index contributed by atoms with van der Waals surface area (Å²) in [6, 6.07) is 7.74. The predicted molar refractivity (Wildman–Crippen MR) is 83.2 cm³/mol.